The zero-order chi connectivity index (χ0) is 16.2. The highest BCUT2D eigenvalue weighted by Crippen LogP contribution is 2.11. The third-order valence-electron chi connectivity index (χ3n) is 4.02. The first-order valence-electron chi connectivity index (χ1n) is 8.52. The van der Waals surface area contributed by atoms with Crippen molar-refractivity contribution in [1.29, 1.82) is 0 Å². The lowest BCUT2D eigenvalue weighted by atomic mass is 10.1. The molecule has 0 aromatic heterocycles. The molecule has 0 aliphatic heterocycles. The quantitative estimate of drug-likeness (QED) is 0.279. The Kier molecular flexibility index (Phi) is 11.4. The first-order chi connectivity index (χ1) is 9.77. The lowest BCUT2D eigenvalue weighted by Crippen LogP contribution is -2.41. The molecule has 0 spiro atoms. The Morgan fingerprint density at radius 3 is 1.67 bits per heavy atom. The Morgan fingerprint density at radius 1 is 0.762 bits per heavy atom. The molecule has 0 atom stereocenters. The Bertz CT molecular complexity index is 339. The Labute approximate surface area is 132 Å². The van der Waals surface area contributed by atoms with Crippen LogP contribution in [0.15, 0.2) is 0 Å². The Hall–Kier alpha value is -0.130. The number of nitrogens with zero attached hydrogens (tertiary/aromatic N) is 1. The van der Waals surface area contributed by atoms with E-state index in [2.05, 4.69) is 21.0 Å². The second kappa shape index (κ2) is 11.4. The number of rotatable bonds is 14. The van der Waals surface area contributed by atoms with Crippen LogP contribution >= 0.6 is 0 Å². The molecule has 0 aromatic rings. The standard InChI is InChI=1S/C16H35NO3S/c1-4-5-6-7-8-9-10-11-12-14-17(2,3)15-13-16-21(18,19)20/h4-16H2,1-3H3. The van der Waals surface area contributed by atoms with E-state index in [-0.39, 0.29) is 5.75 Å². The average Bonchev–Trinajstić information content (AvgIpc) is 2.35. The molecule has 4 nitrogen and oxygen atoms in total. The molecule has 0 bridgehead atoms. The van der Waals surface area contributed by atoms with Crippen LogP contribution < -0.4 is 0 Å². The third kappa shape index (κ3) is 16.1. The molecule has 0 aromatic carbocycles. The van der Waals surface area contributed by atoms with Crippen LogP contribution in [0.3, 0.4) is 0 Å². The molecule has 0 fully saturated rings. The van der Waals surface area contributed by atoms with Gasteiger partial charge >= 0.3 is 0 Å². The van der Waals surface area contributed by atoms with Crippen molar-refractivity contribution in [2.24, 2.45) is 0 Å². The summed E-state index contributed by atoms with van der Waals surface area (Å²) in [5.41, 5.74) is 0. The molecule has 0 unspecified atom stereocenters. The molecule has 128 valence electrons. The molecule has 0 amide bonds. The SMILES string of the molecule is CCCCCCCCCCC[N+](C)(C)CCCS(=O)(=O)[O-]. The summed E-state index contributed by atoms with van der Waals surface area (Å²) in [6, 6.07) is 0. The predicted molar refractivity (Wildman–Crippen MR) is 88.3 cm³/mol. The first-order valence-corrected chi connectivity index (χ1v) is 10.1. The fourth-order valence-electron chi connectivity index (χ4n) is 2.63. The van der Waals surface area contributed by atoms with Crippen molar-refractivity contribution in [3.63, 3.8) is 0 Å². The zero-order valence-electron chi connectivity index (χ0n) is 14.3. The van der Waals surface area contributed by atoms with Crippen LogP contribution in [0.5, 0.6) is 0 Å². The lowest BCUT2D eigenvalue weighted by molar-refractivity contribution is -0.890. The van der Waals surface area contributed by atoms with Gasteiger partial charge in [-0.1, -0.05) is 51.9 Å². The van der Waals surface area contributed by atoms with Gasteiger partial charge in [0.25, 0.3) is 0 Å². The van der Waals surface area contributed by atoms with Gasteiger partial charge in [0.15, 0.2) is 0 Å². The first kappa shape index (κ1) is 20.9. The number of hydrogen-bond acceptors (Lipinski definition) is 3. The number of hydrogen-bond donors (Lipinski definition) is 0. The summed E-state index contributed by atoms with van der Waals surface area (Å²) >= 11 is 0. The van der Waals surface area contributed by atoms with Gasteiger partial charge in [0.1, 0.15) is 0 Å². The van der Waals surface area contributed by atoms with Crippen molar-refractivity contribution in [3.8, 4) is 0 Å². The van der Waals surface area contributed by atoms with Gasteiger partial charge in [-0.3, -0.25) is 0 Å². The van der Waals surface area contributed by atoms with Gasteiger partial charge in [0, 0.05) is 12.2 Å². The topological polar surface area (TPSA) is 57.2 Å². The van der Waals surface area contributed by atoms with E-state index in [4.69, 9.17) is 0 Å². The van der Waals surface area contributed by atoms with E-state index in [1.807, 2.05) is 0 Å². The molecule has 0 aliphatic rings. The summed E-state index contributed by atoms with van der Waals surface area (Å²) in [7, 11) is 0.178. The zero-order valence-corrected chi connectivity index (χ0v) is 15.1. The molecular weight excluding hydrogens is 286 g/mol. The van der Waals surface area contributed by atoms with Crippen LogP contribution in [0.4, 0.5) is 0 Å². The predicted octanol–water partition coefficient (Wildman–Crippen LogP) is 3.53. The van der Waals surface area contributed by atoms with Crippen molar-refractivity contribution < 1.29 is 17.5 Å². The van der Waals surface area contributed by atoms with Gasteiger partial charge in [0.05, 0.1) is 37.3 Å². The summed E-state index contributed by atoms with van der Waals surface area (Å²) in [5, 5.41) is 0. The van der Waals surface area contributed by atoms with Crippen molar-refractivity contribution in [1.82, 2.24) is 0 Å². The van der Waals surface area contributed by atoms with Crippen LogP contribution in [0, 0.1) is 0 Å². The fourth-order valence-corrected chi connectivity index (χ4v) is 3.11. The maximum atomic E-state index is 10.6. The van der Waals surface area contributed by atoms with Gasteiger partial charge in [-0.25, -0.2) is 8.42 Å². The van der Waals surface area contributed by atoms with Gasteiger partial charge in [-0.2, -0.15) is 0 Å². The number of unbranched alkanes of at least 4 members (excludes halogenated alkanes) is 8. The van der Waals surface area contributed by atoms with Crippen molar-refractivity contribution >= 4 is 10.1 Å². The molecule has 0 radical (unpaired) electrons. The smallest absolute Gasteiger partial charge is 0.0948 e. The summed E-state index contributed by atoms with van der Waals surface area (Å²) in [6.07, 6.45) is 12.3. The highest BCUT2D eigenvalue weighted by Gasteiger charge is 2.14. The highest BCUT2D eigenvalue weighted by molar-refractivity contribution is 7.85. The van der Waals surface area contributed by atoms with Crippen molar-refractivity contribution in [2.45, 2.75) is 71.1 Å². The second-order valence-corrected chi connectivity index (χ2v) is 8.35. The van der Waals surface area contributed by atoms with E-state index in [9.17, 15) is 13.0 Å². The molecule has 21 heavy (non-hydrogen) atoms. The third-order valence-corrected chi connectivity index (χ3v) is 4.81. The fraction of sp³-hybridized carbons (Fsp3) is 1.00. The summed E-state index contributed by atoms with van der Waals surface area (Å²) in [4.78, 5) is 0. The Morgan fingerprint density at radius 2 is 1.19 bits per heavy atom. The van der Waals surface area contributed by atoms with Crippen LogP contribution in [-0.4, -0.2) is 50.4 Å². The molecule has 0 aliphatic carbocycles. The van der Waals surface area contributed by atoms with E-state index in [1.54, 1.807) is 0 Å². The van der Waals surface area contributed by atoms with Crippen LogP contribution in [0.25, 0.3) is 0 Å². The molecule has 0 heterocycles. The normalized spacial score (nSPS) is 12.8. The van der Waals surface area contributed by atoms with E-state index < -0.39 is 10.1 Å². The van der Waals surface area contributed by atoms with E-state index in [0.29, 0.717) is 6.42 Å². The number of quaternary nitrogens is 1. The maximum Gasteiger partial charge on any atom is 0.0948 e. The Balaban J connectivity index is 3.48. The van der Waals surface area contributed by atoms with Crippen molar-refractivity contribution in [2.75, 3.05) is 32.9 Å². The minimum Gasteiger partial charge on any atom is -0.748 e. The highest BCUT2D eigenvalue weighted by atomic mass is 32.2. The summed E-state index contributed by atoms with van der Waals surface area (Å²) in [5.74, 6) is -0.230. The minimum absolute atomic E-state index is 0.230. The van der Waals surface area contributed by atoms with Crippen LogP contribution in [-0.2, 0) is 10.1 Å². The van der Waals surface area contributed by atoms with E-state index in [1.165, 1.54) is 57.8 Å². The minimum atomic E-state index is -4.05. The average molecular weight is 322 g/mol. The molecular formula is C16H35NO3S. The summed E-state index contributed by atoms with van der Waals surface area (Å²) < 4.78 is 32.6. The van der Waals surface area contributed by atoms with Gasteiger partial charge in [0.2, 0.25) is 0 Å². The molecule has 0 rings (SSSR count). The lowest BCUT2D eigenvalue weighted by Gasteiger charge is -2.30. The second-order valence-electron chi connectivity index (χ2n) is 6.83. The molecule has 0 N–H and O–H groups in total. The summed E-state index contributed by atoms with van der Waals surface area (Å²) in [6.45, 7) is 4.07. The van der Waals surface area contributed by atoms with Crippen LogP contribution in [0.2, 0.25) is 0 Å². The molecule has 0 saturated carbocycles. The van der Waals surface area contributed by atoms with Gasteiger partial charge in [-0.15, -0.1) is 0 Å². The van der Waals surface area contributed by atoms with Crippen molar-refractivity contribution in [3.05, 3.63) is 0 Å². The molecule has 5 heteroatoms. The van der Waals surface area contributed by atoms with Gasteiger partial charge < -0.3 is 9.04 Å². The monoisotopic (exact) mass is 321 g/mol. The molecule has 0 saturated heterocycles. The van der Waals surface area contributed by atoms with E-state index >= 15 is 0 Å². The van der Waals surface area contributed by atoms with E-state index in [0.717, 1.165) is 17.6 Å². The maximum absolute atomic E-state index is 10.6. The largest absolute Gasteiger partial charge is 0.748 e. The van der Waals surface area contributed by atoms with Crippen LogP contribution in [0.1, 0.15) is 71.1 Å². The van der Waals surface area contributed by atoms with Gasteiger partial charge in [-0.05, 0) is 12.8 Å².